The third-order valence-electron chi connectivity index (χ3n) is 9.85. The van der Waals surface area contributed by atoms with E-state index in [1.807, 2.05) is 30.5 Å². The molecule has 0 amide bonds. The molecule has 5 aromatic carbocycles. The van der Waals surface area contributed by atoms with Crippen molar-refractivity contribution in [2.45, 2.75) is 0 Å². The highest BCUT2D eigenvalue weighted by Gasteiger charge is 2.18. The van der Waals surface area contributed by atoms with Crippen LogP contribution < -0.4 is 0 Å². The van der Waals surface area contributed by atoms with E-state index in [4.69, 9.17) is 14.4 Å². The predicted octanol–water partition coefficient (Wildman–Crippen LogP) is 10.1. The number of hydrogen-bond acceptors (Lipinski definition) is 6. The molecule has 0 aliphatic heterocycles. The number of pyridine rings is 2. The molecule has 0 saturated heterocycles. The summed E-state index contributed by atoms with van der Waals surface area (Å²) in [6.07, 6.45) is 5.11. The lowest BCUT2D eigenvalue weighted by Crippen LogP contribution is -1.96. The summed E-state index contributed by atoms with van der Waals surface area (Å²) in [5.41, 5.74) is 12.1. The molecule has 0 spiro atoms. The first kappa shape index (κ1) is 27.7. The molecule has 0 bridgehead atoms. The first-order valence-corrected chi connectivity index (χ1v) is 16.7. The van der Waals surface area contributed by atoms with Gasteiger partial charge in [0.05, 0.1) is 40.3 Å². The molecule has 0 unspecified atom stereocenters. The van der Waals surface area contributed by atoms with Crippen molar-refractivity contribution in [1.82, 2.24) is 34.3 Å². The van der Waals surface area contributed by atoms with E-state index in [0.29, 0.717) is 5.58 Å². The molecule has 0 radical (unpaired) electrons. The van der Waals surface area contributed by atoms with Gasteiger partial charge in [0.2, 0.25) is 0 Å². The van der Waals surface area contributed by atoms with Crippen LogP contribution in [-0.4, -0.2) is 34.3 Å². The van der Waals surface area contributed by atoms with Crippen LogP contribution in [0.1, 0.15) is 0 Å². The number of nitrogens with zero attached hydrogens (tertiary/aromatic N) is 7. The maximum absolute atomic E-state index is 6.25. The van der Waals surface area contributed by atoms with E-state index >= 15 is 0 Å². The average Bonchev–Trinajstić information content (AvgIpc) is 3.85. The van der Waals surface area contributed by atoms with Gasteiger partial charge in [-0.2, -0.15) is 0 Å². The van der Waals surface area contributed by atoms with Crippen molar-refractivity contribution >= 4 is 65.8 Å². The third-order valence-corrected chi connectivity index (χ3v) is 9.85. The molecule has 11 rings (SSSR count). The maximum atomic E-state index is 6.25. The molecule has 6 aromatic heterocycles. The normalized spacial score (nSPS) is 11.9. The molecule has 0 N–H and O–H groups in total. The van der Waals surface area contributed by atoms with Crippen LogP contribution in [-0.2, 0) is 0 Å². The van der Waals surface area contributed by atoms with Crippen molar-refractivity contribution in [2.24, 2.45) is 0 Å². The molecule has 0 aliphatic carbocycles. The molecule has 0 atom stereocenters. The second-order valence-corrected chi connectivity index (χ2v) is 12.7. The van der Waals surface area contributed by atoms with Crippen LogP contribution in [0.25, 0.3) is 99.7 Å². The smallest absolute Gasteiger partial charge is 0.168 e. The van der Waals surface area contributed by atoms with Crippen LogP contribution in [0.4, 0.5) is 0 Å². The van der Waals surface area contributed by atoms with Crippen LogP contribution in [0, 0.1) is 0 Å². The van der Waals surface area contributed by atoms with E-state index in [2.05, 4.69) is 134 Å². The Morgan fingerprint density at radius 1 is 0.451 bits per heavy atom. The van der Waals surface area contributed by atoms with Crippen molar-refractivity contribution in [1.29, 1.82) is 0 Å². The van der Waals surface area contributed by atoms with Gasteiger partial charge in [0.25, 0.3) is 0 Å². The van der Waals surface area contributed by atoms with E-state index in [1.165, 1.54) is 22.6 Å². The fourth-order valence-electron chi connectivity index (χ4n) is 7.53. The van der Waals surface area contributed by atoms with Crippen LogP contribution >= 0.6 is 0 Å². The highest BCUT2D eigenvalue weighted by Crippen LogP contribution is 2.38. The highest BCUT2D eigenvalue weighted by molar-refractivity contribution is 6.11. The molecule has 8 heteroatoms. The van der Waals surface area contributed by atoms with E-state index < -0.39 is 0 Å². The Morgan fingerprint density at radius 3 is 1.71 bits per heavy atom. The van der Waals surface area contributed by atoms with E-state index in [9.17, 15) is 0 Å². The van der Waals surface area contributed by atoms with Crippen molar-refractivity contribution in [3.63, 3.8) is 0 Å². The van der Waals surface area contributed by atoms with Gasteiger partial charge >= 0.3 is 0 Å². The second-order valence-electron chi connectivity index (χ2n) is 12.7. The largest absolute Gasteiger partial charge is 0.453 e. The lowest BCUT2D eigenvalue weighted by atomic mass is 10.0. The minimum absolute atomic E-state index is 0.714. The van der Waals surface area contributed by atoms with Crippen LogP contribution in [0.15, 0.2) is 157 Å². The van der Waals surface area contributed by atoms with Crippen LogP contribution in [0.5, 0.6) is 0 Å². The average molecular weight is 656 g/mol. The number of hydrogen-bond donors (Lipinski definition) is 0. The molecule has 238 valence electrons. The number of rotatable bonds is 4. The topological polar surface area (TPSA) is 87.4 Å². The predicted molar refractivity (Wildman–Crippen MR) is 202 cm³/mol. The van der Waals surface area contributed by atoms with Gasteiger partial charge in [-0.1, -0.05) is 72.8 Å². The van der Waals surface area contributed by atoms with E-state index in [1.54, 1.807) is 6.20 Å². The van der Waals surface area contributed by atoms with Gasteiger partial charge in [-0.3, -0.25) is 14.5 Å². The maximum Gasteiger partial charge on any atom is 0.168 e. The summed E-state index contributed by atoms with van der Waals surface area (Å²) >= 11 is 0. The quantitative estimate of drug-likeness (QED) is 0.188. The summed E-state index contributed by atoms with van der Waals surface area (Å²) in [5.74, 6) is 0. The van der Waals surface area contributed by atoms with E-state index in [0.717, 1.165) is 77.8 Å². The van der Waals surface area contributed by atoms with Crippen molar-refractivity contribution < 1.29 is 4.42 Å². The minimum atomic E-state index is 0.714. The molecule has 0 aliphatic rings. The Labute approximate surface area is 289 Å². The van der Waals surface area contributed by atoms with Gasteiger partial charge in [0, 0.05) is 49.4 Å². The molecular weight excluding hydrogens is 631 g/mol. The van der Waals surface area contributed by atoms with E-state index in [-0.39, 0.29) is 0 Å². The van der Waals surface area contributed by atoms with Crippen LogP contribution in [0.3, 0.4) is 0 Å². The second kappa shape index (κ2) is 10.7. The summed E-state index contributed by atoms with van der Waals surface area (Å²) in [4.78, 5) is 14.3. The fourth-order valence-corrected chi connectivity index (χ4v) is 7.53. The van der Waals surface area contributed by atoms with Crippen LogP contribution in [0.2, 0.25) is 0 Å². The van der Waals surface area contributed by atoms with Crippen molar-refractivity contribution in [3.8, 4) is 33.9 Å². The molecule has 11 aromatic rings. The Morgan fingerprint density at radius 2 is 1.02 bits per heavy atom. The summed E-state index contributed by atoms with van der Waals surface area (Å²) < 4.78 is 10.7. The van der Waals surface area contributed by atoms with Gasteiger partial charge in [0.15, 0.2) is 16.8 Å². The molecule has 0 fully saturated rings. The Bertz CT molecular complexity index is 2930. The lowest BCUT2D eigenvalue weighted by molar-refractivity contribution is 0.665. The Balaban J connectivity index is 1.07. The van der Waals surface area contributed by atoms with Gasteiger partial charge < -0.3 is 8.98 Å². The first-order valence-electron chi connectivity index (χ1n) is 16.7. The third kappa shape index (κ3) is 4.17. The molecular formula is C43H25N7O. The van der Waals surface area contributed by atoms with Gasteiger partial charge in [-0.05, 0) is 60.7 Å². The minimum Gasteiger partial charge on any atom is -0.453 e. The van der Waals surface area contributed by atoms with Gasteiger partial charge in [-0.25, -0.2) is 4.98 Å². The monoisotopic (exact) mass is 655 g/mol. The molecule has 0 saturated carbocycles. The number of benzene rings is 5. The lowest BCUT2D eigenvalue weighted by Gasteiger charge is -2.08. The summed E-state index contributed by atoms with van der Waals surface area (Å²) in [7, 11) is 0. The summed E-state index contributed by atoms with van der Waals surface area (Å²) in [6.45, 7) is 0. The fraction of sp³-hybridized carbons (Fsp3) is 0. The molecule has 6 heterocycles. The highest BCUT2D eigenvalue weighted by atomic mass is 16.3. The SMILES string of the molecule is c1ccc(-n2c3ccccc3c3ccc(-c4cc5c(cn4)oc4cnc(-c6ccc7c8nncnc8n(-c8ccccc8)c7c6)cc45)cc32)cc1. The number of para-hydroxylation sites is 3. The zero-order valence-corrected chi connectivity index (χ0v) is 27.0. The summed E-state index contributed by atoms with van der Waals surface area (Å²) in [6, 6.07) is 46.4. The molecule has 51 heavy (non-hydrogen) atoms. The standard InChI is InChI=1S/C43H25N7O/c1-3-9-28(10-4-1)49-37-14-8-7-13-30(37)31-17-15-26(19-38(31)49)35-21-33-34-22-36(45-24-41(34)51-40(33)23-44-35)27-16-18-32-39(20-27)50(29-11-5-2-6-12-29)43-42(32)48-47-25-46-43/h1-25H. The first-order chi connectivity index (χ1) is 25.3. The van der Waals surface area contributed by atoms with Gasteiger partial charge in [0.1, 0.15) is 11.8 Å². The zero-order valence-electron chi connectivity index (χ0n) is 27.0. The number of fused-ring (bicyclic) bond motifs is 9. The summed E-state index contributed by atoms with van der Waals surface area (Å²) in [5, 5.41) is 13.9. The Kier molecular flexibility index (Phi) is 5.79. The van der Waals surface area contributed by atoms with Crippen molar-refractivity contribution in [3.05, 3.63) is 152 Å². The van der Waals surface area contributed by atoms with Crippen molar-refractivity contribution in [2.75, 3.05) is 0 Å². The van der Waals surface area contributed by atoms with Gasteiger partial charge in [-0.15, -0.1) is 10.2 Å². The number of furan rings is 1. The Hall–Kier alpha value is -7.19. The molecule has 8 nitrogen and oxygen atoms in total. The zero-order chi connectivity index (χ0) is 33.5. The number of aromatic nitrogens is 7.